The van der Waals surface area contributed by atoms with E-state index in [1.807, 2.05) is 18.2 Å². The highest BCUT2D eigenvalue weighted by atomic mass is 35.5. The van der Waals surface area contributed by atoms with Crippen molar-refractivity contribution < 1.29 is 4.79 Å². The number of para-hydroxylation sites is 1. The fourth-order valence-electron chi connectivity index (χ4n) is 3.74. The molecule has 1 amide bonds. The molecule has 3 aromatic rings. The molecule has 6 nitrogen and oxygen atoms in total. The first-order chi connectivity index (χ1) is 14.2. The Hall–Kier alpha value is -2.35. The van der Waals surface area contributed by atoms with Crippen molar-refractivity contribution in [1.82, 2.24) is 14.6 Å². The Bertz CT molecular complexity index is 971. The number of benzene rings is 2. The van der Waals surface area contributed by atoms with Crippen molar-refractivity contribution in [2.75, 3.05) is 49.9 Å². The van der Waals surface area contributed by atoms with Crippen LogP contribution in [0.1, 0.15) is 23.2 Å². The Balaban J connectivity index is 0.00000256. The van der Waals surface area contributed by atoms with E-state index in [4.69, 9.17) is 5.73 Å². The van der Waals surface area contributed by atoms with Crippen molar-refractivity contribution in [3.05, 3.63) is 54.1 Å². The number of aromatic nitrogens is 1. The summed E-state index contributed by atoms with van der Waals surface area (Å²) in [6, 6.07) is 15.6. The van der Waals surface area contributed by atoms with Gasteiger partial charge in [-0.15, -0.1) is 12.4 Å². The van der Waals surface area contributed by atoms with Crippen LogP contribution in [0.2, 0.25) is 0 Å². The molecule has 4 rings (SSSR count). The second-order valence-electron chi connectivity index (χ2n) is 7.38. The molecule has 0 saturated carbocycles. The van der Waals surface area contributed by atoms with Gasteiger partial charge >= 0.3 is 0 Å². The van der Waals surface area contributed by atoms with E-state index in [0.29, 0.717) is 17.8 Å². The van der Waals surface area contributed by atoms with Crippen molar-refractivity contribution >= 4 is 51.4 Å². The number of anilines is 2. The molecule has 0 aliphatic carbocycles. The molecule has 0 radical (unpaired) electrons. The third-order valence-electron chi connectivity index (χ3n) is 5.42. The highest BCUT2D eigenvalue weighted by Crippen LogP contribution is 2.31. The van der Waals surface area contributed by atoms with Gasteiger partial charge in [0, 0.05) is 43.8 Å². The number of hydrogen-bond donors (Lipinski definition) is 2. The summed E-state index contributed by atoms with van der Waals surface area (Å²) < 4.78 is 4.57. The van der Waals surface area contributed by atoms with Gasteiger partial charge in [-0.05, 0) is 55.2 Å². The minimum absolute atomic E-state index is 0. The number of hydrogen-bond acceptors (Lipinski definition) is 6. The van der Waals surface area contributed by atoms with Crippen molar-refractivity contribution in [3.8, 4) is 0 Å². The Labute approximate surface area is 187 Å². The normalized spacial score (nSPS) is 14.5. The van der Waals surface area contributed by atoms with E-state index in [9.17, 15) is 4.79 Å². The van der Waals surface area contributed by atoms with E-state index in [1.54, 1.807) is 23.7 Å². The first-order valence-electron chi connectivity index (χ1n) is 10.2. The maximum Gasteiger partial charge on any atom is 0.253 e. The van der Waals surface area contributed by atoms with Crippen molar-refractivity contribution in [3.63, 3.8) is 0 Å². The Morgan fingerprint density at radius 1 is 1.03 bits per heavy atom. The third kappa shape index (κ3) is 5.22. The van der Waals surface area contributed by atoms with Gasteiger partial charge in [0.05, 0.1) is 11.1 Å². The molecule has 0 spiro atoms. The molecule has 2 aromatic carbocycles. The molecular formula is C22H28ClN5OS. The number of nitrogens with one attached hydrogen (secondary N) is 1. The van der Waals surface area contributed by atoms with Crippen molar-refractivity contribution in [2.24, 2.45) is 0 Å². The van der Waals surface area contributed by atoms with Crippen LogP contribution in [0, 0.1) is 0 Å². The van der Waals surface area contributed by atoms with Crippen molar-refractivity contribution in [1.29, 1.82) is 0 Å². The van der Waals surface area contributed by atoms with Crippen molar-refractivity contribution in [2.45, 2.75) is 12.8 Å². The van der Waals surface area contributed by atoms with Crippen LogP contribution in [-0.4, -0.2) is 54.4 Å². The standard InChI is InChI=1S/C22H27N5OS.ClH/c23-19-9-3-1-7-17(19)21(28)24-11-5-6-12-26-13-15-27(16-14-26)22-18-8-2-4-10-20(18)25-29-22;/h1-4,7-10H,5-6,11-16,23H2,(H,24,28);1H. The van der Waals surface area contributed by atoms with Crippen LogP contribution >= 0.6 is 23.9 Å². The number of amides is 1. The summed E-state index contributed by atoms with van der Waals surface area (Å²) in [4.78, 5) is 17.1. The SMILES string of the molecule is Cl.Nc1ccccc1C(=O)NCCCCN1CCN(c2snc3ccccc23)CC1. The number of halogens is 1. The van der Waals surface area contributed by atoms with Crippen LogP contribution in [-0.2, 0) is 0 Å². The second kappa shape index (κ2) is 10.6. The molecule has 1 aliphatic heterocycles. The van der Waals surface area contributed by atoms with Gasteiger partial charge in [-0.25, -0.2) is 0 Å². The topological polar surface area (TPSA) is 74.5 Å². The number of carbonyl (C=O) groups is 1. The molecule has 1 aliphatic rings. The Morgan fingerprint density at radius 2 is 1.77 bits per heavy atom. The van der Waals surface area contributed by atoms with Gasteiger partial charge in [0.1, 0.15) is 5.00 Å². The number of nitrogens with zero attached hydrogens (tertiary/aromatic N) is 3. The van der Waals surface area contributed by atoms with Crippen LogP contribution in [0.15, 0.2) is 48.5 Å². The number of nitrogens with two attached hydrogens (primary N) is 1. The van der Waals surface area contributed by atoms with Crippen LogP contribution in [0.5, 0.6) is 0 Å². The summed E-state index contributed by atoms with van der Waals surface area (Å²) in [7, 11) is 0. The van der Waals surface area contributed by atoms with Gasteiger partial charge in [-0.3, -0.25) is 9.69 Å². The highest BCUT2D eigenvalue weighted by molar-refractivity contribution is 7.11. The van der Waals surface area contributed by atoms with Crippen LogP contribution < -0.4 is 16.0 Å². The number of carbonyl (C=O) groups excluding carboxylic acids is 1. The zero-order chi connectivity index (χ0) is 20.1. The first-order valence-corrected chi connectivity index (χ1v) is 10.9. The van der Waals surface area contributed by atoms with E-state index in [0.717, 1.165) is 51.1 Å². The van der Waals surface area contributed by atoms with E-state index in [1.165, 1.54) is 10.4 Å². The minimum Gasteiger partial charge on any atom is -0.398 e. The van der Waals surface area contributed by atoms with E-state index < -0.39 is 0 Å². The lowest BCUT2D eigenvalue weighted by molar-refractivity contribution is 0.0953. The molecule has 0 atom stereocenters. The van der Waals surface area contributed by atoms with Gasteiger partial charge < -0.3 is 16.0 Å². The van der Waals surface area contributed by atoms with Crippen LogP contribution in [0.3, 0.4) is 0 Å². The molecule has 0 bridgehead atoms. The fraction of sp³-hybridized carbons (Fsp3) is 0.364. The summed E-state index contributed by atoms with van der Waals surface area (Å²) >= 11 is 1.61. The summed E-state index contributed by atoms with van der Waals surface area (Å²) in [5.74, 6) is -0.0894. The average Bonchev–Trinajstić information content (AvgIpc) is 3.18. The molecule has 2 heterocycles. The third-order valence-corrected chi connectivity index (χ3v) is 6.36. The molecule has 3 N–H and O–H groups in total. The zero-order valence-electron chi connectivity index (χ0n) is 16.9. The highest BCUT2D eigenvalue weighted by Gasteiger charge is 2.20. The summed E-state index contributed by atoms with van der Waals surface area (Å²) in [6.45, 7) is 5.96. The molecule has 8 heteroatoms. The lowest BCUT2D eigenvalue weighted by atomic mass is 10.1. The Morgan fingerprint density at radius 3 is 2.57 bits per heavy atom. The van der Waals surface area contributed by atoms with Gasteiger partial charge in [-0.1, -0.05) is 24.3 Å². The predicted molar refractivity (Wildman–Crippen MR) is 128 cm³/mol. The number of unbranched alkanes of at least 4 members (excludes halogenated alkanes) is 1. The van der Waals surface area contributed by atoms with Gasteiger partial charge in [-0.2, -0.15) is 4.37 Å². The molecule has 1 saturated heterocycles. The summed E-state index contributed by atoms with van der Waals surface area (Å²) in [5.41, 5.74) is 8.02. The van der Waals surface area contributed by atoms with Gasteiger partial charge in [0.15, 0.2) is 0 Å². The predicted octanol–water partition coefficient (Wildman–Crippen LogP) is 3.63. The fourth-order valence-corrected chi connectivity index (χ4v) is 4.65. The second-order valence-corrected chi connectivity index (χ2v) is 8.14. The van der Waals surface area contributed by atoms with Crippen LogP contribution in [0.25, 0.3) is 10.9 Å². The molecule has 1 fully saturated rings. The summed E-state index contributed by atoms with van der Waals surface area (Å²) in [5, 5.41) is 5.53. The van der Waals surface area contributed by atoms with Gasteiger partial charge in [0.25, 0.3) is 5.91 Å². The van der Waals surface area contributed by atoms with E-state index in [-0.39, 0.29) is 18.3 Å². The summed E-state index contributed by atoms with van der Waals surface area (Å²) in [6.07, 6.45) is 2.05. The minimum atomic E-state index is -0.0894. The molecule has 160 valence electrons. The smallest absolute Gasteiger partial charge is 0.253 e. The van der Waals surface area contributed by atoms with Crippen LogP contribution in [0.4, 0.5) is 10.7 Å². The number of nitrogen functional groups attached to an aromatic ring is 1. The lowest BCUT2D eigenvalue weighted by Crippen LogP contribution is -2.46. The monoisotopic (exact) mass is 445 g/mol. The van der Waals surface area contributed by atoms with Gasteiger partial charge in [0.2, 0.25) is 0 Å². The largest absolute Gasteiger partial charge is 0.398 e. The average molecular weight is 446 g/mol. The van der Waals surface area contributed by atoms with E-state index >= 15 is 0 Å². The number of fused-ring (bicyclic) bond motifs is 1. The molecular weight excluding hydrogens is 418 g/mol. The lowest BCUT2D eigenvalue weighted by Gasteiger charge is -2.35. The maximum atomic E-state index is 12.2. The number of piperazine rings is 1. The quantitative estimate of drug-likeness (QED) is 0.429. The molecule has 0 unspecified atom stereocenters. The molecule has 30 heavy (non-hydrogen) atoms. The first kappa shape index (κ1) is 22.3. The Kier molecular flexibility index (Phi) is 7.90. The zero-order valence-corrected chi connectivity index (χ0v) is 18.6. The number of rotatable bonds is 7. The molecule has 1 aromatic heterocycles. The van der Waals surface area contributed by atoms with E-state index in [2.05, 4.69) is 37.7 Å². The maximum absolute atomic E-state index is 12.2.